The molecule has 2 aromatic heterocycles. The molecule has 3 aromatic rings. The molecule has 0 unspecified atom stereocenters. The van der Waals surface area contributed by atoms with E-state index in [0.29, 0.717) is 16.9 Å². The Bertz CT molecular complexity index is 1010. The van der Waals surface area contributed by atoms with E-state index < -0.39 is 0 Å². The molecule has 2 amide bonds. The predicted molar refractivity (Wildman–Crippen MR) is 122 cm³/mol. The third-order valence-electron chi connectivity index (χ3n) is 4.75. The van der Waals surface area contributed by atoms with Crippen molar-refractivity contribution in [2.24, 2.45) is 0 Å². The first-order chi connectivity index (χ1) is 14.2. The van der Waals surface area contributed by atoms with Crippen LogP contribution in [0.2, 0.25) is 0 Å². The van der Waals surface area contributed by atoms with Gasteiger partial charge >= 0.3 is 0 Å². The number of halogens is 2. The second-order valence-corrected chi connectivity index (χ2v) is 6.79. The summed E-state index contributed by atoms with van der Waals surface area (Å²) in [6.45, 7) is 1.87. The highest BCUT2D eigenvalue weighted by molar-refractivity contribution is 6.05. The van der Waals surface area contributed by atoms with Gasteiger partial charge in [0.15, 0.2) is 5.69 Å². The van der Waals surface area contributed by atoms with E-state index in [1.807, 2.05) is 0 Å². The number of amides is 2. The fourth-order valence-electron chi connectivity index (χ4n) is 3.21. The highest BCUT2D eigenvalue weighted by Gasteiger charge is 2.19. The van der Waals surface area contributed by atoms with E-state index in [-0.39, 0.29) is 48.4 Å². The summed E-state index contributed by atoms with van der Waals surface area (Å²) in [6, 6.07) is 10.5. The zero-order valence-electron chi connectivity index (χ0n) is 16.5. The predicted octanol–water partition coefficient (Wildman–Crippen LogP) is 2.95. The Kier molecular flexibility index (Phi) is 8.92. The van der Waals surface area contributed by atoms with Gasteiger partial charge in [-0.25, -0.2) is 4.68 Å². The largest absolute Gasteiger partial charge is 0.322 e. The molecular formula is C20H23Cl2N7O2. The molecule has 0 bridgehead atoms. The number of hydrogen-bond donors (Lipinski definition) is 3. The number of carbonyl (C=O) groups is 2. The van der Waals surface area contributed by atoms with Gasteiger partial charge in [0.2, 0.25) is 0 Å². The maximum atomic E-state index is 12.5. The average Bonchev–Trinajstić information content (AvgIpc) is 3.26. The van der Waals surface area contributed by atoms with E-state index >= 15 is 0 Å². The van der Waals surface area contributed by atoms with E-state index in [9.17, 15) is 9.59 Å². The molecule has 0 radical (unpaired) electrons. The summed E-state index contributed by atoms with van der Waals surface area (Å²) in [5.74, 6) is -0.594. The molecule has 9 nitrogen and oxygen atoms in total. The van der Waals surface area contributed by atoms with Crippen LogP contribution in [-0.4, -0.2) is 44.9 Å². The van der Waals surface area contributed by atoms with Crippen molar-refractivity contribution >= 4 is 48.0 Å². The van der Waals surface area contributed by atoms with Crippen LogP contribution in [0.4, 0.5) is 11.4 Å². The zero-order valence-corrected chi connectivity index (χ0v) is 18.2. The molecule has 0 saturated carbocycles. The molecule has 1 saturated heterocycles. The summed E-state index contributed by atoms with van der Waals surface area (Å²) in [4.78, 5) is 28.7. The Morgan fingerprint density at radius 1 is 0.968 bits per heavy atom. The number of benzene rings is 1. The molecule has 4 rings (SSSR count). The summed E-state index contributed by atoms with van der Waals surface area (Å²) >= 11 is 0. The first-order valence-electron chi connectivity index (χ1n) is 9.44. The lowest BCUT2D eigenvalue weighted by Crippen LogP contribution is -2.29. The molecular weight excluding hydrogens is 441 g/mol. The lowest BCUT2D eigenvalue weighted by molar-refractivity contribution is 0.101. The van der Waals surface area contributed by atoms with E-state index in [1.54, 1.807) is 59.7 Å². The Morgan fingerprint density at radius 3 is 2.29 bits per heavy atom. The zero-order chi connectivity index (χ0) is 20.1. The van der Waals surface area contributed by atoms with Crippen LogP contribution >= 0.6 is 24.8 Å². The molecule has 0 atom stereocenters. The lowest BCUT2D eigenvalue weighted by atomic mass is 10.1. The van der Waals surface area contributed by atoms with Crippen LogP contribution in [0.1, 0.15) is 39.7 Å². The smallest absolute Gasteiger partial charge is 0.277 e. The van der Waals surface area contributed by atoms with E-state index in [2.05, 4.69) is 31.2 Å². The number of nitrogens with zero attached hydrogens (tertiary/aromatic N) is 4. The Labute approximate surface area is 191 Å². The highest BCUT2D eigenvalue weighted by Crippen LogP contribution is 2.19. The third-order valence-corrected chi connectivity index (χ3v) is 4.75. The minimum atomic E-state index is -0.345. The van der Waals surface area contributed by atoms with Crippen LogP contribution in [0.15, 0.2) is 55.0 Å². The van der Waals surface area contributed by atoms with Crippen molar-refractivity contribution in [2.75, 3.05) is 23.7 Å². The minimum Gasteiger partial charge on any atom is -0.322 e. The summed E-state index contributed by atoms with van der Waals surface area (Å²) in [7, 11) is 0. The Morgan fingerprint density at radius 2 is 1.61 bits per heavy atom. The van der Waals surface area contributed by atoms with E-state index in [4.69, 9.17) is 0 Å². The quantitative estimate of drug-likeness (QED) is 0.535. The van der Waals surface area contributed by atoms with E-state index in [1.165, 1.54) is 0 Å². The maximum Gasteiger partial charge on any atom is 0.277 e. The van der Waals surface area contributed by atoms with Crippen LogP contribution in [-0.2, 0) is 0 Å². The van der Waals surface area contributed by atoms with Gasteiger partial charge in [-0.1, -0.05) is 11.3 Å². The van der Waals surface area contributed by atoms with Gasteiger partial charge in [-0.05, 0) is 56.3 Å². The second-order valence-electron chi connectivity index (χ2n) is 6.79. The molecule has 3 heterocycles. The van der Waals surface area contributed by atoms with Gasteiger partial charge in [-0.15, -0.1) is 29.9 Å². The van der Waals surface area contributed by atoms with Crippen molar-refractivity contribution < 1.29 is 9.59 Å². The topological polar surface area (TPSA) is 114 Å². The van der Waals surface area contributed by atoms with Gasteiger partial charge in [0.25, 0.3) is 11.8 Å². The number of pyridine rings is 1. The van der Waals surface area contributed by atoms with Crippen LogP contribution < -0.4 is 16.0 Å². The maximum absolute atomic E-state index is 12.5. The number of hydrogen-bond acceptors (Lipinski definition) is 6. The molecule has 1 aliphatic heterocycles. The number of carbonyl (C=O) groups excluding carboxylic acids is 2. The molecule has 31 heavy (non-hydrogen) atoms. The van der Waals surface area contributed by atoms with Gasteiger partial charge in [-0.2, -0.15) is 0 Å². The van der Waals surface area contributed by atoms with Crippen molar-refractivity contribution in [3.8, 4) is 0 Å². The van der Waals surface area contributed by atoms with Crippen molar-refractivity contribution in [3.63, 3.8) is 0 Å². The van der Waals surface area contributed by atoms with Crippen molar-refractivity contribution in [1.82, 2.24) is 25.3 Å². The fourth-order valence-corrected chi connectivity index (χ4v) is 3.21. The molecule has 1 fully saturated rings. The van der Waals surface area contributed by atoms with Gasteiger partial charge < -0.3 is 16.0 Å². The number of aromatic nitrogens is 4. The summed E-state index contributed by atoms with van der Waals surface area (Å²) in [5, 5.41) is 17.0. The van der Waals surface area contributed by atoms with Crippen molar-refractivity contribution in [2.45, 2.75) is 18.9 Å². The van der Waals surface area contributed by atoms with Gasteiger partial charge in [0.05, 0.1) is 12.2 Å². The standard InChI is InChI=1S/C20H21N7O2.2ClH/c28-19(14-4-8-21-9-5-14)23-15-2-1-3-16(12-15)24-20(29)18-13-27(26-25-18)17-6-10-22-11-7-17;;/h1-5,8-9,12-13,17,22H,6-7,10-11H2,(H,23,28)(H,24,29);2*1H. The Balaban J connectivity index is 0.00000171. The minimum absolute atomic E-state index is 0. The molecule has 1 aromatic carbocycles. The number of anilines is 2. The van der Waals surface area contributed by atoms with Crippen LogP contribution in [0.5, 0.6) is 0 Å². The van der Waals surface area contributed by atoms with Gasteiger partial charge in [0, 0.05) is 29.3 Å². The first kappa shape index (κ1) is 24.3. The normalized spacial score (nSPS) is 13.4. The molecule has 0 aliphatic carbocycles. The van der Waals surface area contributed by atoms with Crippen LogP contribution in [0, 0.1) is 0 Å². The van der Waals surface area contributed by atoms with Crippen LogP contribution in [0.25, 0.3) is 0 Å². The SMILES string of the molecule is Cl.Cl.O=C(Nc1cccc(NC(=O)c2cn(C3CCNCC3)nn2)c1)c1ccncc1. The third kappa shape index (κ3) is 6.24. The molecule has 164 valence electrons. The number of nitrogens with one attached hydrogen (secondary N) is 3. The van der Waals surface area contributed by atoms with Crippen molar-refractivity contribution in [1.29, 1.82) is 0 Å². The monoisotopic (exact) mass is 463 g/mol. The van der Waals surface area contributed by atoms with Gasteiger partial charge in [0.1, 0.15) is 0 Å². The van der Waals surface area contributed by atoms with Gasteiger partial charge in [-0.3, -0.25) is 14.6 Å². The molecule has 1 aliphatic rings. The number of piperidine rings is 1. The second kappa shape index (κ2) is 11.4. The highest BCUT2D eigenvalue weighted by atomic mass is 35.5. The Hall–Kier alpha value is -3.01. The van der Waals surface area contributed by atoms with E-state index in [0.717, 1.165) is 25.9 Å². The fraction of sp³-hybridized carbons (Fsp3) is 0.250. The molecule has 11 heteroatoms. The molecule has 0 spiro atoms. The van der Waals surface area contributed by atoms with Crippen LogP contribution in [0.3, 0.4) is 0 Å². The summed E-state index contributed by atoms with van der Waals surface area (Å²) in [6.07, 6.45) is 6.72. The van der Waals surface area contributed by atoms with Crippen molar-refractivity contribution in [3.05, 3.63) is 66.2 Å². The summed E-state index contributed by atoms with van der Waals surface area (Å²) < 4.78 is 1.76. The first-order valence-corrected chi connectivity index (χ1v) is 9.44. The molecule has 3 N–H and O–H groups in total. The summed E-state index contributed by atoms with van der Waals surface area (Å²) in [5.41, 5.74) is 1.89. The average molecular weight is 464 g/mol. The lowest BCUT2D eigenvalue weighted by Gasteiger charge is -2.22. The number of rotatable bonds is 5.